The summed E-state index contributed by atoms with van der Waals surface area (Å²) in [5, 5.41) is 7.91. The molecule has 1 aromatic heterocycles. The SMILES string of the molecule is CN(Cc1cc(CC2CNCCC2CC(=O)N2CCC(Cc3ccccc3)CC2)no1)c1ccccc1. The lowest BCUT2D eigenvalue weighted by Gasteiger charge is -2.36. The molecule has 1 amide bonds. The lowest BCUT2D eigenvalue weighted by Crippen LogP contribution is -2.43. The van der Waals surface area contributed by atoms with E-state index in [1.54, 1.807) is 0 Å². The first kappa shape index (κ1) is 25.5. The molecule has 2 atom stereocenters. The predicted octanol–water partition coefficient (Wildman–Crippen LogP) is 4.95. The minimum atomic E-state index is 0.334. The molecule has 0 bridgehead atoms. The molecule has 2 fully saturated rings. The Bertz CT molecular complexity index is 1110. The van der Waals surface area contributed by atoms with Crippen molar-refractivity contribution in [2.24, 2.45) is 17.8 Å². The Labute approximate surface area is 221 Å². The largest absolute Gasteiger partial charge is 0.367 e. The smallest absolute Gasteiger partial charge is 0.222 e. The van der Waals surface area contributed by atoms with Crippen LogP contribution in [0.1, 0.15) is 42.7 Å². The number of nitrogens with one attached hydrogen (secondary N) is 1. The number of rotatable bonds is 9. The molecule has 3 heterocycles. The maximum atomic E-state index is 13.3. The Morgan fingerprint density at radius 3 is 2.49 bits per heavy atom. The number of carbonyl (C=O) groups excluding carboxylic acids is 1. The van der Waals surface area contributed by atoms with Gasteiger partial charge < -0.3 is 19.6 Å². The quantitative estimate of drug-likeness (QED) is 0.450. The molecular weight excluding hydrogens is 460 g/mol. The highest BCUT2D eigenvalue weighted by Crippen LogP contribution is 2.29. The van der Waals surface area contributed by atoms with E-state index in [9.17, 15) is 4.79 Å². The summed E-state index contributed by atoms with van der Waals surface area (Å²) in [5.74, 6) is 2.68. The number of anilines is 1. The van der Waals surface area contributed by atoms with E-state index in [1.165, 1.54) is 5.56 Å². The first-order chi connectivity index (χ1) is 18.1. The Balaban J connectivity index is 1.11. The van der Waals surface area contributed by atoms with Gasteiger partial charge in [0.15, 0.2) is 5.76 Å². The molecule has 2 unspecified atom stereocenters. The molecule has 5 rings (SSSR count). The Kier molecular flexibility index (Phi) is 8.57. The molecule has 0 radical (unpaired) electrons. The van der Waals surface area contributed by atoms with Gasteiger partial charge in [-0.15, -0.1) is 0 Å². The zero-order chi connectivity index (χ0) is 25.5. The number of amides is 1. The first-order valence-corrected chi connectivity index (χ1v) is 13.9. The topological polar surface area (TPSA) is 61.6 Å². The molecule has 6 heteroatoms. The van der Waals surface area contributed by atoms with Crippen LogP contribution in [0, 0.1) is 17.8 Å². The third-order valence-electron chi connectivity index (χ3n) is 8.21. The summed E-state index contributed by atoms with van der Waals surface area (Å²) < 4.78 is 5.68. The summed E-state index contributed by atoms with van der Waals surface area (Å²) in [4.78, 5) is 17.5. The number of hydrogen-bond acceptors (Lipinski definition) is 5. The number of aromatic nitrogens is 1. The minimum absolute atomic E-state index is 0.334. The zero-order valence-corrected chi connectivity index (χ0v) is 22.0. The van der Waals surface area contributed by atoms with Gasteiger partial charge in [-0.1, -0.05) is 53.7 Å². The fraction of sp³-hybridized carbons (Fsp3) is 0.484. The normalized spacial score (nSPS) is 20.6. The highest BCUT2D eigenvalue weighted by Gasteiger charge is 2.31. The molecule has 196 valence electrons. The van der Waals surface area contributed by atoms with Gasteiger partial charge in [-0.05, 0) is 80.6 Å². The Hall–Kier alpha value is -3.12. The van der Waals surface area contributed by atoms with Gasteiger partial charge in [-0.3, -0.25) is 4.79 Å². The molecule has 37 heavy (non-hydrogen) atoms. The second-order valence-electron chi connectivity index (χ2n) is 10.9. The van der Waals surface area contributed by atoms with Gasteiger partial charge in [0.25, 0.3) is 0 Å². The molecule has 2 aliphatic rings. The van der Waals surface area contributed by atoms with E-state index in [2.05, 4.69) is 75.9 Å². The van der Waals surface area contributed by atoms with Crippen LogP contribution in [0.4, 0.5) is 5.69 Å². The highest BCUT2D eigenvalue weighted by atomic mass is 16.5. The van der Waals surface area contributed by atoms with Crippen molar-refractivity contribution in [2.75, 3.05) is 38.1 Å². The average Bonchev–Trinajstić information content (AvgIpc) is 3.37. The van der Waals surface area contributed by atoms with Crippen LogP contribution in [0.25, 0.3) is 0 Å². The molecule has 2 saturated heterocycles. The molecule has 0 aliphatic carbocycles. The lowest BCUT2D eigenvalue weighted by molar-refractivity contribution is -0.134. The van der Waals surface area contributed by atoms with E-state index in [4.69, 9.17) is 4.52 Å². The fourth-order valence-electron chi connectivity index (χ4n) is 5.97. The van der Waals surface area contributed by atoms with Gasteiger partial charge in [0.05, 0.1) is 12.2 Å². The number of carbonyl (C=O) groups is 1. The van der Waals surface area contributed by atoms with Gasteiger partial charge in [0.2, 0.25) is 5.91 Å². The number of likely N-dealkylation sites (tertiary alicyclic amines) is 1. The number of piperidine rings is 2. The van der Waals surface area contributed by atoms with E-state index in [-0.39, 0.29) is 0 Å². The zero-order valence-electron chi connectivity index (χ0n) is 22.0. The van der Waals surface area contributed by atoms with Crippen molar-refractivity contribution in [2.45, 2.75) is 45.1 Å². The molecule has 2 aliphatic heterocycles. The van der Waals surface area contributed by atoms with E-state index in [1.807, 2.05) is 18.2 Å². The average molecular weight is 501 g/mol. The molecule has 0 spiro atoms. The van der Waals surface area contributed by atoms with E-state index in [0.717, 1.165) is 75.4 Å². The predicted molar refractivity (Wildman–Crippen MR) is 147 cm³/mol. The van der Waals surface area contributed by atoms with E-state index >= 15 is 0 Å². The highest BCUT2D eigenvalue weighted by molar-refractivity contribution is 5.76. The third-order valence-corrected chi connectivity index (χ3v) is 8.21. The van der Waals surface area contributed by atoms with Gasteiger partial charge >= 0.3 is 0 Å². The molecule has 0 saturated carbocycles. The molecule has 1 N–H and O–H groups in total. The van der Waals surface area contributed by atoms with Crippen molar-refractivity contribution in [3.05, 3.63) is 83.7 Å². The van der Waals surface area contributed by atoms with Crippen molar-refractivity contribution >= 4 is 11.6 Å². The van der Waals surface area contributed by atoms with Crippen molar-refractivity contribution in [3.63, 3.8) is 0 Å². The van der Waals surface area contributed by atoms with Gasteiger partial charge in [-0.25, -0.2) is 0 Å². The summed E-state index contributed by atoms with van der Waals surface area (Å²) in [6.45, 7) is 4.39. The third kappa shape index (κ3) is 7.01. The van der Waals surface area contributed by atoms with Crippen molar-refractivity contribution < 1.29 is 9.32 Å². The van der Waals surface area contributed by atoms with E-state index < -0.39 is 0 Å². The minimum Gasteiger partial charge on any atom is -0.367 e. The first-order valence-electron chi connectivity index (χ1n) is 13.9. The summed E-state index contributed by atoms with van der Waals surface area (Å²) >= 11 is 0. The van der Waals surface area contributed by atoms with Gasteiger partial charge in [-0.2, -0.15) is 0 Å². The monoisotopic (exact) mass is 500 g/mol. The number of hydrogen-bond donors (Lipinski definition) is 1. The standard InChI is InChI=1S/C31H40N4O2/c1-34(29-10-6-3-7-11-29)23-30-21-28(33-37-30)19-27-22-32-15-12-26(27)20-31(36)35-16-13-25(14-17-35)18-24-8-4-2-5-9-24/h2-11,21,25-27,32H,12-20,22-23H2,1H3. The summed E-state index contributed by atoms with van der Waals surface area (Å²) in [6.07, 6.45) is 5.88. The van der Waals surface area contributed by atoms with Crippen molar-refractivity contribution in [1.82, 2.24) is 15.4 Å². The Morgan fingerprint density at radius 2 is 1.73 bits per heavy atom. The van der Waals surface area contributed by atoms with Crippen LogP contribution in [0.15, 0.2) is 71.3 Å². The van der Waals surface area contributed by atoms with Crippen LogP contribution in [-0.2, 0) is 24.2 Å². The van der Waals surface area contributed by atoms with Crippen LogP contribution in [-0.4, -0.2) is 49.2 Å². The van der Waals surface area contributed by atoms with Crippen LogP contribution in [0.5, 0.6) is 0 Å². The Morgan fingerprint density at radius 1 is 1.00 bits per heavy atom. The van der Waals surface area contributed by atoms with Crippen molar-refractivity contribution in [1.29, 1.82) is 0 Å². The summed E-state index contributed by atoms with van der Waals surface area (Å²) in [6, 6.07) is 23.1. The summed E-state index contributed by atoms with van der Waals surface area (Å²) in [7, 11) is 2.06. The molecule has 3 aromatic rings. The van der Waals surface area contributed by atoms with Crippen LogP contribution >= 0.6 is 0 Å². The second kappa shape index (κ2) is 12.4. The van der Waals surface area contributed by atoms with E-state index in [0.29, 0.717) is 36.6 Å². The maximum absolute atomic E-state index is 13.3. The fourth-order valence-corrected chi connectivity index (χ4v) is 5.97. The van der Waals surface area contributed by atoms with Crippen molar-refractivity contribution in [3.8, 4) is 0 Å². The van der Waals surface area contributed by atoms with Gasteiger partial charge in [0, 0.05) is 38.3 Å². The molecule has 2 aromatic carbocycles. The second-order valence-corrected chi connectivity index (χ2v) is 10.9. The van der Waals surface area contributed by atoms with Crippen LogP contribution in [0.3, 0.4) is 0 Å². The van der Waals surface area contributed by atoms with Crippen LogP contribution < -0.4 is 10.2 Å². The van der Waals surface area contributed by atoms with Crippen LogP contribution in [0.2, 0.25) is 0 Å². The molecular formula is C31H40N4O2. The number of benzene rings is 2. The number of para-hydroxylation sites is 1. The maximum Gasteiger partial charge on any atom is 0.222 e. The summed E-state index contributed by atoms with van der Waals surface area (Å²) in [5.41, 5.74) is 3.55. The lowest BCUT2D eigenvalue weighted by atomic mass is 9.80. The molecule has 6 nitrogen and oxygen atoms in total. The number of nitrogens with zero attached hydrogens (tertiary/aromatic N) is 3. The van der Waals surface area contributed by atoms with Gasteiger partial charge in [0.1, 0.15) is 0 Å².